The summed E-state index contributed by atoms with van der Waals surface area (Å²) in [6.45, 7) is 6.88. The van der Waals surface area contributed by atoms with Crippen LogP contribution in [0.2, 0.25) is 0 Å². The van der Waals surface area contributed by atoms with Crippen molar-refractivity contribution in [3.8, 4) is 0 Å². The standard InChI is InChI=1S/C16H24N2O3/c1-5-18(16(3,4)15(20)21)14(19)11(2)13(17)12-9-7-6-8-10-12/h6-11,13H,5,17H2,1-4H3,(H,20,21). The highest BCUT2D eigenvalue weighted by Crippen LogP contribution is 2.25. The molecule has 2 atom stereocenters. The summed E-state index contributed by atoms with van der Waals surface area (Å²) in [6.07, 6.45) is 0. The second-order valence-corrected chi connectivity index (χ2v) is 5.67. The van der Waals surface area contributed by atoms with E-state index in [0.717, 1.165) is 5.56 Å². The third kappa shape index (κ3) is 3.61. The quantitative estimate of drug-likeness (QED) is 0.840. The number of benzene rings is 1. The molecule has 1 aromatic carbocycles. The van der Waals surface area contributed by atoms with Crippen molar-refractivity contribution in [3.05, 3.63) is 35.9 Å². The Morgan fingerprint density at radius 3 is 2.24 bits per heavy atom. The zero-order valence-electron chi connectivity index (χ0n) is 13.0. The van der Waals surface area contributed by atoms with Gasteiger partial charge in [0.05, 0.1) is 5.92 Å². The first kappa shape index (κ1) is 17.2. The normalized spacial score (nSPS) is 14.3. The van der Waals surface area contributed by atoms with E-state index in [1.54, 1.807) is 13.8 Å². The van der Waals surface area contributed by atoms with Crippen LogP contribution in [0.3, 0.4) is 0 Å². The van der Waals surface area contributed by atoms with Crippen LogP contribution in [0.15, 0.2) is 30.3 Å². The number of carbonyl (C=O) groups excluding carboxylic acids is 1. The molecule has 2 unspecified atom stereocenters. The van der Waals surface area contributed by atoms with E-state index in [1.807, 2.05) is 30.3 Å². The lowest BCUT2D eigenvalue weighted by molar-refractivity contribution is -0.158. The van der Waals surface area contributed by atoms with Gasteiger partial charge >= 0.3 is 5.97 Å². The molecule has 0 radical (unpaired) electrons. The molecule has 116 valence electrons. The lowest BCUT2D eigenvalue weighted by atomic mass is 9.92. The van der Waals surface area contributed by atoms with Crippen molar-refractivity contribution >= 4 is 11.9 Å². The molecule has 0 aliphatic heterocycles. The highest BCUT2D eigenvalue weighted by Gasteiger charge is 2.39. The van der Waals surface area contributed by atoms with Crippen LogP contribution in [0.5, 0.6) is 0 Å². The van der Waals surface area contributed by atoms with Crippen molar-refractivity contribution in [1.29, 1.82) is 0 Å². The third-order valence-electron chi connectivity index (χ3n) is 3.89. The van der Waals surface area contributed by atoms with Crippen LogP contribution in [-0.4, -0.2) is 34.0 Å². The lowest BCUT2D eigenvalue weighted by Crippen LogP contribution is -2.55. The number of carboxylic acid groups (broad SMARTS) is 1. The van der Waals surface area contributed by atoms with Gasteiger partial charge < -0.3 is 15.7 Å². The highest BCUT2D eigenvalue weighted by molar-refractivity contribution is 5.87. The number of aliphatic carboxylic acids is 1. The number of amides is 1. The topological polar surface area (TPSA) is 83.6 Å². The predicted molar refractivity (Wildman–Crippen MR) is 81.6 cm³/mol. The minimum Gasteiger partial charge on any atom is -0.480 e. The predicted octanol–water partition coefficient (Wildman–Crippen LogP) is 2.03. The van der Waals surface area contributed by atoms with Gasteiger partial charge in [0.1, 0.15) is 5.54 Å². The van der Waals surface area contributed by atoms with Gasteiger partial charge in [0.2, 0.25) is 5.91 Å². The molecule has 3 N–H and O–H groups in total. The first-order valence-corrected chi connectivity index (χ1v) is 7.08. The number of rotatable bonds is 6. The second kappa shape index (κ2) is 6.72. The van der Waals surface area contributed by atoms with Gasteiger partial charge in [-0.1, -0.05) is 37.3 Å². The van der Waals surface area contributed by atoms with Gasteiger partial charge in [-0.2, -0.15) is 0 Å². The van der Waals surface area contributed by atoms with E-state index in [9.17, 15) is 14.7 Å². The van der Waals surface area contributed by atoms with E-state index in [-0.39, 0.29) is 5.91 Å². The first-order chi connectivity index (χ1) is 9.73. The lowest BCUT2D eigenvalue weighted by Gasteiger charge is -2.37. The minimum atomic E-state index is -1.25. The summed E-state index contributed by atoms with van der Waals surface area (Å²) in [5, 5.41) is 9.30. The Labute approximate surface area is 125 Å². The molecule has 0 aliphatic carbocycles. The molecule has 0 aromatic heterocycles. The van der Waals surface area contributed by atoms with E-state index in [1.165, 1.54) is 18.7 Å². The Balaban J connectivity index is 2.98. The molecule has 21 heavy (non-hydrogen) atoms. The molecule has 0 aliphatic rings. The molecule has 0 saturated heterocycles. The van der Waals surface area contributed by atoms with Crippen LogP contribution in [0.1, 0.15) is 39.3 Å². The maximum Gasteiger partial charge on any atom is 0.329 e. The molecule has 5 heteroatoms. The molecule has 1 aromatic rings. The molecular weight excluding hydrogens is 268 g/mol. The van der Waals surface area contributed by atoms with E-state index >= 15 is 0 Å². The fourth-order valence-electron chi connectivity index (χ4n) is 2.31. The SMILES string of the molecule is CCN(C(=O)C(C)C(N)c1ccccc1)C(C)(C)C(=O)O. The molecular formula is C16H24N2O3. The Bertz CT molecular complexity index is 500. The van der Waals surface area contributed by atoms with Crippen molar-refractivity contribution < 1.29 is 14.7 Å². The molecule has 1 rings (SSSR count). The van der Waals surface area contributed by atoms with Gasteiger partial charge in [0.25, 0.3) is 0 Å². The van der Waals surface area contributed by atoms with Crippen molar-refractivity contribution in [2.75, 3.05) is 6.54 Å². The molecule has 0 saturated carbocycles. The summed E-state index contributed by atoms with van der Waals surface area (Å²) in [5.74, 6) is -1.77. The van der Waals surface area contributed by atoms with E-state index < -0.39 is 23.5 Å². The summed E-state index contributed by atoms with van der Waals surface area (Å²) in [5.41, 5.74) is 5.77. The van der Waals surface area contributed by atoms with Crippen LogP contribution in [-0.2, 0) is 9.59 Å². The number of carboxylic acids is 1. The van der Waals surface area contributed by atoms with Crippen molar-refractivity contribution in [2.24, 2.45) is 11.7 Å². The Morgan fingerprint density at radius 2 is 1.81 bits per heavy atom. The summed E-state index contributed by atoms with van der Waals surface area (Å²) >= 11 is 0. The molecule has 0 spiro atoms. The van der Waals surface area contributed by atoms with E-state index in [2.05, 4.69) is 0 Å². The minimum absolute atomic E-state index is 0.249. The van der Waals surface area contributed by atoms with Crippen LogP contribution in [0.25, 0.3) is 0 Å². The summed E-state index contributed by atoms with van der Waals surface area (Å²) in [4.78, 5) is 25.3. The van der Waals surface area contributed by atoms with Gasteiger partial charge in [-0.25, -0.2) is 4.79 Å². The molecule has 0 bridgehead atoms. The zero-order valence-corrected chi connectivity index (χ0v) is 13.0. The number of nitrogens with zero attached hydrogens (tertiary/aromatic N) is 1. The van der Waals surface area contributed by atoms with E-state index in [0.29, 0.717) is 6.54 Å². The van der Waals surface area contributed by atoms with Gasteiger partial charge in [0.15, 0.2) is 0 Å². The summed E-state index contributed by atoms with van der Waals surface area (Å²) < 4.78 is 0. The Hall–Kier alpha value is -1.88. The van der Waals surface area contributed by atoms with E-state index in [4.69, 9.17) is 5.73 Å². The fourth-order valence-corrected chi connectivity index (χ4v) is 2.31. The largest absolute Gasteiger partial charge is 0.480 e. The van der Waals surface area contributed by atoms with Gasteiger partial charge in [-0.3, -0.25) is 4.79 Å². The third-order valence-corrected chi connectivity index (χ3v) is 3.89. The van der Waals surface area contributed by atoms with Gasteiger partial charge in [-0.05, 0) is 26.3 Å². The van der Waals surface area contributed by atoms with Crippen molar-refractivity contribution in [3.63, 3.8) is 0 Å². The monoisotopic (exact) mass is 292 g/mol. The maximum absolute atomic E-state index is 12.6. The number of nitrogens with two attached hydrogens (primary N) is 1. The van der Waals surface area contributed by atoms with Crippen molar-refractivity contribution in [1.82, 2.24) is 4.90 Å². The smallest absolute Gasteiger partial charge is 0.329 e. The first-order valence-electron chi connectivity index (χ1n) is 7.08. The molecule has 5 nitrogen and oxygen atoms in total. The molecule has 0 fully saturated rings. The van der Waals surface area contributed by atoms with Crippen LogP contribution >= 0.6 is 0 Å². The number of hydrogen-bond donors (Lipinski definition) is 2. The highest BCUT2D eigenvalue weighted by atomic mass is 16.4. The summed E-state index contributed by atoms with van der Waals surface area (Å²) in [7, 11) is 0. The number of likely N-dealkylation sites (N-methyl/N-ethyl adjacent to an activating group) is 1. The van der Waals surface area contributed by atoms with Gasteiger partial charge in [-0.15, -0.1) is 0 Å². The Kier molecular flexibility index (Phi) is 5.49. The number of carbonyl (C=O) groups is 2. The second-order valence-electron chi connectivity index (χ2n) is 5.67. The number of hydrogen-bond acceptors (Lipinski definition) is 3. The van der Waals surface area contributed by atoms with Crippen LogP contribution in [0.4, 0.5) is 0 Å². The molecule has 0 heterocycles. The Morgan fingerprint density at radius 1 is 1.29 bits per heavy atom. The van der Waals surface area contributed by atoms with Crippen LogP contribution in [0, 0.1) is 5.92 Å². The fraction of sp³-hybridized carbons (Fsp3) is 0.500. The molecule has 1 amide bonds. The average Bonchev–Trinajstić information content (AvgIpc) is 2.46. The maximum atomic E-state index is 12.6. The van der Waals surface area contributed by atoms with Crippen LogP contribution < -0.4 is 5.73 Å². The average molecular weight is 292 g/mol. The van der Waals surface area contributed by atoms with Crippen molar-refractivity contribution in [2.45, 2.75) is 39.3 Å². The van der Waals surface area contributed by atoms with Gasteiger partial charge in [0, 0.05) is 12.6 Å². The summed E-state index contributed by atoms with van der Waals surface area (Å²) in [6, 6.07) is 8.89. The zero-order chi connectivity index (χ0) is 16.2.